The molecule has 0 spiro atoms. The van der Waals surface area contributed by atoms with Gasteiger partial charge in [-0.25, -0.2) is 0 Å². The average Bonchev–Trinajstić information content (AvgIpc) is 3.30. The van der Waals surface area contributed by atoms with Crippen molar-refractivity contribution in [3.8, 4) is 27.9 Å². The van der Waals surface area contributed by atoms with Crippen molar-refractivity contribution in [3.63, 3.8) is 0 Å². The van der Waals surface area contributed by atoms with Crippen LogP contribution >= 0.6 is 11.3 Å². The van der Waals surface area contributed by atoms with Crippen LogP contribution in [0.4, 0.5) is 5.69 Å². The molecule has 3 aromatic heterocycles. The minimum Gasteiger partial charge on any atom is -0.496 e. The van der Waals surface area contributed by atoms with E-state index in [1.54, 1.807) is 29.0 Å². The fourth-order valence-corrected chi connectivity index (χ4v) is 3.12. The summed E-state index contributed by atoms with van der Waals surface area (Å²) in [6.45, 7) is 0. The summed E-state index contributed by atoms with van der Waals surface area (Å²) in [5.74, 6) is 1.40. The van der Waals surface area contributed by atoms with Gasteiger partial charge in [-0.1, -0.05) is 11.3 Å². The number of hydrogen-bond donors (Lipinski definition) is 0. The van der Waals surface area contributed by atoms with Crippen molar-refractivity contribution < 1.29 is 14.1 Å². The number of nitro benzene ring substituents is 1. The van der Waals surface area contributed by atoms with Gasteiger partial charge in [-0.3, -0.25) is 10.1 Å². The van der Waals surface area contributed by atoms with E-state index in [0.717, 1.165) is 0 Å². The molecule has 4 aromatic rings. The van der Waals surface area contributed by atoms with Crippen LogP contribution in [0.1, 0.15) is 0 Å². The van der Waals surface area contributed by atoms with Gasteiger partial charge in [-0.05, 0) is 18.2 Å². The number of non-ortho nitro benzene ring substituents is 1. The maximum absolute atomic E-state index is 10.9. The molecule has 1 aromatic carbocycles. The maximum atomic E-state index is 10.9. The molecule has 3 heterocycles. The SMILES string of the molecule is COc1cc([N+](=O)[O-])ccc1-c1nn2c(-c3ccco3)nnc2s1. The van der Waals surface area contributed by atoms with Gasteiger partial charge >= 0.3 is 0 Å². The van der Waals surface area contributed by atoms with Crippen LogP contribution in [-0.2, 0) is 0 Å². The predicted octanol–water partition coefficient (Wildman–Crippen LogP) is 3.03. The van der Waals surface area contributed by atoms with Gasteiger partial charge < -0.3 is 9.15 Å². The Balaban J connectivity index is 1.84. The molecular weight excluding hydrogens is 334 g/mol. The molecule has 0 atom stereocenters. The van der Waals surface area contributed by atoms with Gasteiger partial charge in [0.2, 0.25) is 10.8 Å². The Kier molecular flexibility index (Phi) is 3.24. The highest BCUT2D eigenvalue weighted by molar-refractivity contribution is 7.19. The quantitative estimate of drug-likeness (QED) is 0.414. The van der Waals surface area contributed by atoms with Crippen LogP contribution in [-0.4, -0.2) is 31.8 Å². The molecule has 0 aliphatic heterocycles. The first-order valence-corrected chi connectivity index (χ1v) is 7.58. The van der Waals surface area contributed by atoms with Crippen LogP contribution in [0.3, 0.4) is 0 Å². The van der Waals surface area contributed by atoms with Crippen molar-refractivity contribution >= 4 is 22.0 Å². The number of rotatable bonds is 4. The van der Waals surface area contributed by atoms with E-state index in [9.17, 15) is 10.1 Å². The summed E-state index contributed by atoms with van der Waals surface area (Å²) in [6, 6.07) is 7.90. The van der Waals surface area contributed by atoms with Gasteiger partial charge in [0.15, 0.2) is 10.8 Å². The first-order valence-electron chi connectivity index (χ1n) is 6.76. The van der Waals surface area contributed by atoms with E-state index in [4.69, 9.17) is 9.15 Å². The normalized spacial score (nSPS) is 11.0. The molecule has 4 rings (SSSR count). The Morgan fingerprint density at radius 1 is 1.33 bits per heavy atom. The van der Waals surface area contributed by atoms with Crippen molar-refractivity contribution in [1.82, 2.24) is 19.8 Å². The third-order valence-electron chi connectivity index (χ3n) is 3.36. The molecule has 120 valence electrons. The lowest BCUT2D eigenvalue weighted by Crippen LogP contribution is -1.94. The molecule has 0 saturated carbocycles. The second kappa shape index (κ2) is 5.42. The smallest absolute Gasteiger partial charge is 0.273 e. The molecule has 0 fully saturated rings. The molecule has 0 aliphatic rings. The van der Waals surface area contributed by atoms with Gasteiger partial charge in [0.1, 0.15) is 5.75 Å². The Labute approximate surface area is 138 Å². The lowest BCUT2D eigenvalue weighted by molar-refractivity contribution is -0.384. The average molecular weight is 343 g/mol. The minimum absolute atomic E-state index is 0.0464. The van der Waals surface area contributed by atoms with Gasteiger partial charge in [0.25, 0.3) is 5.69 Å². The first-order chi connectivity index (χ1) is 11.7. The predicted molar refractivity (Wildman–Crippen MR) is 85.0 cm³/mol. The highest BCUT2D eigenvalue weighted by Gasteiger charge is 2.19. The lowest BCUT2D eigenvalue weighted by Gasteiger charge is -2.04. The highest BCUT2D eigenvalue weighted by atomic mass is 32.1. The van der Waals surface area contributed by atoms with Crippen LogP contribution < -0.4 is 4.74 Å². The summed E-state index contributed by atoms with van der Waals surface area (Å²) >= 11 is 1.30. The van der Waals surface area contributed by atoms with E-state index in [2.05, 4.69) is 15.3 Å². The van der Waals surface area contributed by atoms with E-state index in [0.29, 0.717) is 32.9 Å². The Morgan fingerprint density at radius 3 is 2.92 bits per heavy atom. The van der Waals surface area contributed by atoms with Gasteiger partial charge in [0, 0.05) is 6.07 Å². The van der Waals surface area contributed by atoms with Crippen molar-refractivity contribution in [1.29, 1.82) is 0 Å². The zero-order chi connectivity index (χ0) is 16.7. The summed E-state index contributed by atoms with van der Waals surface area (Å²) in [6.07, 6.45) is 1.54. The minimum atomic E-state index is -0.472. The number of benzene rings is 1. The van der Waals surface area contributed by atoms with E-state index in [1.165, 1.54) is 30.6 Å². The van der Waals surface area contributed by atoms with Crippen LogP contribution in [0.15, 0.2) is 41.0 Å². The van der Waals surface area contributed by atoms with Gasteiger partial charge in [-0.2, -0.15) is 9.61 Å². The molecule has 0 unspecified atom stereocenters. The number of aromatic nitrogens is 4. The molecule has 10 heteroatoms. The summed E-state index contributed by atoms with van der Waals surface area (Å²) in [7, 11) is 1.46. The Morgan fingerprint density at radius 2 is 2.21 bits per heavy atom. The summed E-state index contributed by atoms with van der Waals surface area (Å²) in [5.41, 5.74) is 0.596. The van der Waals surface area contributed by atoms with E-state index >= 15 is 0 Å². The fraction of sp³-hybridized carbons (Fsp3) is 0.0714. The van der Waals surface area contributed by atoms with Gasteiger partial charge in [0.05, 0.1) is 29.9 Å². The van der Waals surface area contributed by atoms with Crippen molar-refractivity contribution in [2.75, 3.05) is 7.11 Å². The van der Waals surface area contributed by atoms with Crippen LogP contribution in [0, 0.1) is 10.1 Å². The van der Waals surface area contributed by atoms with E-state index in [-0.39, 0.29) is 5.69 Å². The second-order valence-corrected chi connectivity index (χ2v) is 5.70. The monoisotopic (exact) mass is 343 g/mol. The zero-order valence-electron chi connectivity index (χ0n) is 12.2. The van der Waals surface area contributed by atoms with Crippen molar-refractivity contribution in [2.45, 2.75) is 0 Å². The molecule has 0 saturated heterocycles. The fourth-order valence-electron chi connectivity index (χ4n) is 2.26. The Hall–Kier alpha value is -3.27. The van der Waals surface area contributed by atoms with E-state index < -0.39 is 4.92 Å². The number of nitrogens with zero attached hydrogens (tertiary/aromatic N) is 5. The third kappa shape index (κ3) is 2.20. The number of methoxy groups -OCH3 is 1. The largest absolute Gasteiger partial charge is 0.496 e. The first kappa shape index (κ1) is 14.3. The van der Waals surface area contributed by atoms with Crippen LogP contribution in [0.5, 0.6) is 5.75 Å². The van der Waals surface area contributed by atoms with E-state index in [1.807, 2.05) is 0 Å². The molecule has 0 radical (unpaired) electrons. The number of hydrogen-bond acceptors (Lipinski definition) is 8. The Bertz CT molecular complexity index is 1040. The third-order valence-corrected chi connectivity index (χ3v) is 4.29. The molecule has 0 N–H and O–H groups in total. The molecule has 24 heavy (non-hydrogen) atoms. The molecule has 0 amide bonds. The number of ether oxygens (including phenoxy) is 1. The molecule has 9 nitrogen and oxygen atoms in total. The lowest BCUT2D eigenvalue weighted by atomic mass is 10.2. The zero-order valence-corrected chi connectivity index (χ0v) is 13.1. The summed E-state index contributed by atoms with van der Waals surface area (Å²) in [5, 5.41) is 24.1. The number of nitro groups is 1. The summed E-state index contributed by atoms with van der Waals surface area (Å²) in [4.78, 5) is 11.0. The maximum Gasteiger partial charge on any atom is 0.273 e. The second-order valence-electron chi connectivity index (χ2n) is 4.74. The van der Waals surface area contributed by atoms with Crippen LogP contribution in [0.25, 0.3) is 27.1 Å². The van der Waals surface area contributed by atoms with Crippen LogP contribution in [0.2, 0.25) is 0 Å². The molecule has 0 aliphatic carbocycles. The topological polar surface area (TPSA) is 109 Å². The highest BCUT2D eigenvalue weighted by Crippen LogP contribution is 2.36. The van der Waals surface area contributed by atoms with Crippen molar-refractivity contribution in [2.24, 2.45) is 0 Å². The molecule has 0 bridgehead atoms. The van der Waals surface area contributed by atoms with Gasteiger partial charge in [-0.15, -0.1) is 10.2 Å². The number of fused-ring (bicyclic) bond motifs is 1. The number of furan rings is 1. The standard InChI is InChI=1S/C14H9N5O4S/c1-22-11-7-8(19(20)21)4-5-9(11)13-17-18-12(10-3-2-6-23-10)15-16-14(18)24-13/h2-7H,1H3. The molecular formula is C14H9N5O4S. The van der Waals surface area contributed by atoms with Crippen molar-refractivity contribution in [3.05, 3.63) is 46.7 Å². The summed E-state index contributed by atoms with van der Waals surface area (Å²) < 4.78 is 12.2.